The van der Waals surface area contributed by atoms with E-state index < -0.39 is 29.7 Å². The van der Waals surface area contributed by atoms with Crippen molar-refractivity contribution in [2.24, 2.45) is 11.7 Å². The second kappa shape index (κ2) is 7.61. The number of aliphatic carboxylic acids is 1. The van der Waals surface area contributed by atoms with Gasteiger partial charge in [-0.2, -0.15) is 0 Å². The number of nitrogens with one attached hydrogen (secondary N) is 1. The molecule has 1 unspecified atom stereocenters. The summed E-state index contributed by atoms with van der Waals surface area (Å²) >= 11 is 0. The summed E-state index contributed by atoms with van der Waals surface area (Å²) in [5.41, 5.74) is 4.98. The Balaban J connectivity index is 2.58. The molecular formula is C13H21N3O5. The Labute approximate surface area is 122 Å². The lowest BCUT2D eigenvalue weighted by Gasteiger charge is -2.31. The minimum absolute atomic E-state index is 0.0421. The molecule has 4 N–H and O–H groups in total. The topological polar surface area (TPSA) is 130 Å². The summed E-state index contributed by atoms with van der Waals surface area (Å²) in [6, 6.07) is -1.14. The van der Waals surface area contributed by atoms with Crippen molar-refractivity contribution in [2.75, 3.05) is 13.1 Å². The number of primary amides is 1. The molecule has 1 aliphatic rings. The first-order valence-electron chi connectivity index (χ1n) is 6.88. The number of carbonyl (C=O) groups excluding carboxylic acids is 3. The number of rotatable bonds is 6. The van der Waals surface area contributed by atoms with E-state index in [4.69, 9.17) is 10.8 Å². The summed E-state index contributed by atoms with van der Waals surface area (Å²) in [6.45, 7) is 2.35. The number of piperidine rings is 1. The van der Waals surface area contributed by atoms with Gasteiger partial charge in [-0.25, -0.2) is 4.79 Å². The van der Waals surface area contributed by atoms with E-state index in [2.05, 4.69) is 5.32 Å². The number of hydrogen-bond acceptors (Lipinski definition) is 4. The highest BCUT2D eigenvalue weighted by Gasteiger charge is 2.30. The second-order valence-corrected chi connectivity index (χ2v) is 5.21. The van der Waals surface area contributed by atoms with Crippen LogP contribution >= 0.6 is 0 Å². The fraction of sp³-hybridized carbons (Fsp3) is 0.692. The van der Waals surface area contributed by atoms with Gasteiger partial charge in [0.05, 0.1) is 5.92 Å². The number of hydrogen-bond donors (Lipinski definition) is 3. The van der Waals surface area contributed by atoms with Crippen LogP contribution < -0.4 is 11.1 Å². The molecule has 0 aromatic rings. The van der Waals surface area contributed by atoms with Gasteiger partial charge < -0.3 is 21.1 Å². The number of amides is 3. The Morgan fingerprint density at radius 2 is 2.05 bits per heavy atom. The van der Waals surface area contributed by atoms with E-state index >= 15 is 0 Å². The third-order valence-electron chi connectivity index (χ3n) is 3.53. The van der Waals surface area contributed by atoms with Gasteiger partial charge in [-0.05, 0) is 19.3 Å². The lowest BCUT2D eigenvalue weighted by molar-refractivity contribution is -0.144. The number of carboxylic acid groups (broad SMARTS) is 1. The molecule has 1 rings (SSSR count). The fourth-order valence-corrected chi connectivity index (χ4v) is 2.31. The van der Waals surface area contributed by atoms with Gasteiger partial charge in [-0.1, -0.05) is 0 Å². The molecule has 0 aliphatic carbocycles. The average molecular weight is 299 g/mol. The van der Waals surface area contributed by atoms with Crippen LogP contribution in [-0.4, -0.2) is 52.8 Å². The molecule has 1 fully saturated rings. The first kappa shape index (κ1) is 16.9. The highest BCUT2D eigenvalue weighted by molar-refractivity contribution is 5.86. The zero-order valence-corrected chi connectivity index (χ0v) is 12.0. The molecule has 118 valence electrons. The summed E-state index contributed by atoms with van der Waals surface area (Å²) in [4.78, 5) is 46.8. The molecule has 0 spiro atoms. The molecule has 0 bridgehead atoms. The fourth-order valence-electron chi connectivity index (χ4n) is 2.31. The third kappa shape index (κ3) is 5.41. The van der Waals surface area contributed by atoms with Crippen molar-refractivity contribution < 1.29 is 24.3 Å². The van der Waals surface area contributed by atoms with Crippen molar-refractivity contribution in [3.05, 3.63) is 0 Å². The van der Waals surface area contributed by atoms with Crippen molar-refractivity contribution in [3.8, 4) is 0 Å². The van der Waals surface area contributed by atoms with Crippen LogP contribution in [0.2, 0.25) is 0 Å². The maximum Gasteiger partial charge on any atom is 0.326 e. The second-order valence-electron chi connectivity index (χ2n) is 5.21. The summed E-state index contributed by atoms with van der Waals surface area (Å²) in [5.74, 6) is -2.74. The molecule has 0 aromatic carbocycles. The third-order valence-corrected chi connectivity index (χ3v) is 3.53. The molecule has 3 amide bonds. The molecule has 1 saturated heterocycles. The van der Waals surface area contributed by atoms with Gasteiger partial charge in [0, 0.05) is 26.4 Å². The SMILES string of the molecule is CC(=O)N1CCCC(C(=O)N[C@@H](CCC(N)=O)C(=O)O)C1. The van der Waals surface area contributed by atoms with E-state index in [1.54, 1.807) is 4.90 Å². The van der Waals surface area contributed by atoms with Crippen LogP contribution in [0.4, 0.5) is 0 Å². The maximum absolute atomic E-state index is 12.1. The van der Waals surface area contributed by atoms with E-state index in [-0.39, 0.29) is 18.7 Å². The quantitative estimate of drug-likeness (QED) is 0.584. The van der Waals surface area contributed by atoms with Gasteiger partial charge in [0.25, 0.3) is 0 Å². The van der Waals surface area contributed by atoms with Crippen molar-refractivity contribution in [3.63, 3.8) is 0 Å². The van der Waals surface area contributed by atoms with Crippen LogP contribution in [0.3, 0.4) is 0 Å². The van der Waals surface area contributed by atoms with Crippen LogP contribution in [-0.2, 0) is 19.2 Å². The van der Waals surface area contributed by atoms with Crippen molar-refractivity contribution >= 4 is 23.7 Å². The Hall–Kier alpha value is -2.12. The van der Waals surface area contributed by atoms with E-state index in [1.165, 1.54) is 6.92 Å². The number of carbonyl (C=O) groups is 4. The Bertz CT molecular complexity index is 438. The van der Waals surface area contributed by atoms with E-state index in [1.807, 2.05) is 0 Å². The zero-order valence-electron chi connectivity index (χ0n) is 12.0. The number of likely N-dealkylation sites (tertiary alicyclic amines) is 1. The Morgan fingerprint density at radius 3 is 2.57 bits per heavy atom. The molecule has 0 radical (unpaired) electrons. The molecule has 21 heavy (non-hydrogen) atoms. The molecule has 8 heteroatoms. The van der Waals surface area contributed by atoms with E-state index in [9.17, 15) is 19.2 Å². The normalized spacial score (nSPS) is 19.7. The summed E-state index contributed by atoms with van der Waals surface area (Å²) < 4.78 is 0. The highest BCUT2D eigenvalue weighted by Crippen LogP contribution is 2.17. The number of nitrogens with two attached hydrogens (primary N) is 1. The predicted octanol–water partition coefficient (Wildman–Crippen LogP) is -0.920. The van der Waals surface area contributed by atoms with Gasteiger partial charge in [-0.3, -0.25) is 14.4 Å². The van der Waals surface area contributed by atoms with Gasteiger partial charge in [-0.15, -0.1) is 0 Å². The predicted molar refractivity (Wildman–Crippen MR) is 73.0 cm³/mol. The smallest absolute Gasteiger partial charge is 0.326 e. The summed E-state index contributed by atoms with van der Waals surface area (Å²) in [6.07, 6.45) is 1.16. The standard InChI is InChI=1S/C13H21N3O5/c1-8(17)16-6-2-3-9(7-16)12(19)15-10(13(20)21)4-5-11(14)18/h9-10H,2-7H2,1H3,(H2,14,18)(H,15,19)(H,20,21)/t9?,10-/m0/s1. The van der Waals surface area contributed by atoms with Crippen molar-refractivity contribution in [1.82, 2.24) is 10.2 Å². The van der Waals surface area contributed by atoms with E-state index in [0.717, 1.165) is 0 Å². The lowest BCUT2D eigenvalue weighted by atomic mass is 9.96. The number of carboxylic acids is 1. The first-order valence-corrected chi connectivity index (χ1v) is 6.88. The van der Waals surface area contributed by atoms with Crippen LogP contribution in [0.1, 0.15) is 32.6 Å². The number of nitrogens with zero attached hydrogens (tertiary/aromatic N) is 1. The molecule has 1 heterocycles. The van der Waals surface area contributed by atoms with Gasteiger partial charge in [0.1, 0.15) is 6.04 Å². The monoisotopic (exact) mass is 299 g/mol. The van der Waals surface area contributed by atoms with Gasteiger partial charge in [0.2, 0.25) is 17.7 Å². The van der Waals surface area contributed by atoms with Crippen molar-refractivity contribution in [2.45, 2.75) is 38.6 Å². The molecule has 0 saturated carbocycles. The lowest BCUT2D eigenvalue weighted by Crippen LogP contribution is -2.49. The van der Waals surface area contributed by atoms with E-state index in [0.29, 0.717) is 25.9 Å². The van der Waals surface area contributed by atoms with Gasteiger partial charge >= 0.3 is 5.97 Å². The van der Waals surface area contributed by atoms with Crippen LogP contribution in [0.15, 0.2) is 0 Å². The molecular weight excluding hydrogens is 278 g/mol. The Kier molecular flexibility index (Phi) is 6.13. The van der Waals surface area contributed by atoms with Crippen molar-refractivity contribution in [1.29, 1.82) is 0 Å². The van der Waals surface area contributed by atoms with Crippen LogP contribution in [0.25, 0.3) is 0 Å². The van der Waals surface area contributed by atoms with Crippen LogP contribution in [0, 0.1) is 5.92 Å². The maximum atomic E-state index is 12.1. The summed E-state index contributed by atoms with van der Waals surface area (Å²) in [7, 11) is 0. The molecule has 0 aromatic heterocycles. The van der Waals surface area contributed by atoms with Crippen LogP contribution in [0.5, 0.6) is 0 Å². The minimum Gasteiger partial charge on any atom is -0.480 e. The highest BCUT2D eigenvalue weighted by atomic mass is 16.4. The molecule has 1 aliphatic heterocycles. The average Bonchev–Trinajstić information content (AvgIpc) is 2.42. The molecule has 8 nitrogen and oxygen atoms in total. The first-order chi connectivity index (χ1) is 9.81. The van der Waals surface area contributed by atoms with Gasteiger partial charge in [0.15, 0.2) is 0 Å². The Morgan fingerprint density at radius 1 is 1.38 bits per heavy atom. The largest absolute Gasteiger partial charge is 0.480 e. The minimum atomic E-state index is -1.20. The molecule has 2 atom stereocenters. The summed E-state index contributed by atoms with van der Waals surface area (Å²) in [5, 5.41) is 11.5. The zero-order chi connectivity index (χ0) is 16.0.